The summed E-state index contributed by atoms with van der Waals surface area (Å²) in [6, 6.07) is 18.4. The summed E-state index contributed by atoms with van der Waals surface area (Å²) < 4.78 is 2.12. The second-order valence-electron chi connectivity index (χ2n) is 7.34. The predicted molar refractivity (Wildman–Crippen MR) is 128 cm³/mol. The first-order valence-corrected chi connectivity index (χ1v) is 11.5. The van der Waals surface area contributed by atoms with E-state index in [9.17, 15) is 0 Å². The van der Waals surface area contributed by atoms with Gasteiger partial charge in [-0.1, -0.05) is 86.5 Å². The van der Waals surface area contributed by atoms with Crippen LogP contribution < -0.4 is 5.73 Å². The molecule has 1 aliphatic carbocycles. The van der Waals surface area contributed by atoms with E-state index in [2.05, 4.69) is 38.2 Å². The molecule has 1 saturated carbocycles. The normalized spacial score (nSPS) is 13.6. The molecule has 1 aliphatic rings. The van der Waals surface area contributed by atoms with E-state index in [1.54, 1.807) is 11.9 Å². The van der Waals surface area contributed by atoms with Crippen molar-refractivity contribution in [3.63, 3.8) is 0 Å². The second-order valence-corrected chi connectivity index (χ2v) is 8.79. The number of rotatable bonds is 3. The van der Waals surface area contributed by atoms with E-state index in [-0.39, 0.29) is 5.95 Å². The number of para-hydroxylation sites is 1. The average molecular weight is 437 g/mol. The Balaban J connectivity index is 0.000000313. The number of fused-ring (bicyclic) bond motifs is 1. The smallest absolute Gasteiger partial charge is 0.220 e. The van der Waals surface area contributed by atoms with E-state index in [1.807, 2.05) is 36.5 Å². The highest BCUT2D eigenvalue weighted by Crippen LogP contribution is 2.36. The molecule has 4 aromatic rings. The highest BCUT2D eigenvalue weighted by atomic mass is 35.5. The third-order valence-corrected chi connectivity index (χ3v) is 6.40. The number of hydrogen-bond acceptors (Lipinski definition) is 4. The van der Waals surface area contributed by atoms with Crippen molar-refractivity contribution in [3.8, 4) is 11.3 Å². The number of halogens is 1. The number of nitrogens with zero attached hydrogens (tertiary/aromatic N) is 3. The molecule has 0 atom stereocenters. The summed E-state index contributed by atoms with van der Waals surface area (Å²) in [5, 5.41) is 1.55. The lowest BCUT2D eigenvalue weighted by Crippen LogP contribution is -1.96. The molecule has 5 rings (SSSR count). The van der Waals surface area contributed by atoms with Crippen molar-refractivity contribution >= 4 is 40.4 Å². The third kappa shape index (κ3) is 4.97. The minimum atomic E-state index is 0.210. The minimum absolute atomic E-state index is 0.210. The molecule has 0 unspecified atom stereocenters. The molecule has 6 heteroatoms. The number of anilines is 1. The zero-order valence-electron chi connectivity index (χ0n) is 16.8. The molecule has 30 heavy (non-hydrogen) atoms. The predicted octanol–water partition coefficient (Wildman–Crippen LogP) is 7.23. The van der Waals surface area contributed by atoms with Gasteiger partial charge in [-0.05, 0) is 30.1 Å². The Kier molecular flexibility index (Phi) is 6.92. The number of hydrogen-bond donors (Lipinski definition) is 1. The summed E-state index contributed by atoms with van der Waals surface area (Å²) in [5.41, 5.74) is 8.42. The van der Waals surface area contributed by atoms with Gasteiger partial charge in [0.2, 0.25) is 5.95 Å². The lowest BCUT2D eigenvalue weighted by Gasteiger charge is -2.05. The van der Waals surface area contributed by atoms with Crippen LogP contribution in [0.25, 0.3) is 22.2 Å². The summed E-state index contributed by atoms with van der Waals surface area (Å²) in [6.45, 7) is 0. The Morgan fingerprint density at radius 1 is 0.867 bits per heavy atom. The van der Waals surface area contributed by atoms with Crippen molar-refractivity contribution in [3.05, 3.63) is 72.0 Å². The fourth-order valence-corrected chi connectivity index (χ4v) is 4.75. The van der Waals surface area contributed by atoms with Crippen LogP contribution in [-0.4, -0.2) is 13.9 Å². The van der Waals surface area contributed by atoms with E-state index in [0.29, 0.717) is 10.7 Å². The summed E-state index contributed by atoms with van der Waals surface area (Å²) in [4.78, 5) is 9.42. The second kappa shape index (κ2) is 10.0. The van der Waals surface area contributed by atoms with E-state index >= 15 is 0 Å². The van der Waals surface area contributed by atoms with Crippen molar-refractivity contribution in [2.45, 2.75) is 43.4 Å². The van der Waals surface area contributed by atoms with Gasteiger partial charge in [-0.2, -0.15) is 0 Å². The van der Waals surface area contributed by atoms with Crippen LogP contribution >= 0.6 is 23.5 Å². The Hall–Kier alpha value is -2.50. The van der Waals surface area contributed by atoms with Crippen molar-refractivity contribution in [1.29, 1.82) is 0 Å². The van der Waals surface area contributed by atoms with Gasteiger partial charge in [-0.15, -0.1) is 0 Å². The summed E-state index contributed by atoms with van der Waals surface area (Å²) in [6.07, 6.45) is 12.6. The van der Waals surface area contributed by atoms with Crippen LogP contribution in [0.3, 0.4) is 0 Å². The Morgan fingerprint density at radius 3 is 2.20 bits per heavy atom. The molecule has 0 aliphatic heterocycles. The molecular formula is C24H25ClN4S. The van der Waals surface area contributed by atoms with Crippen molar-refractivity contribution in [1.82, 2.24) is 13.9 Å². The molecule has 0 amide bonds. The van der Waals surface area contributed by atoms with Gasteiger partial charge in [0.05, 0.1) is 22.4 Å². The van der Waals surface area contributed by atoms with Gasteiger partial charge in [0.15, 0.2) is 0 Å². The van der Waals surface area contributed by atoms with Gasteiger partial charge in [0.25, 0.3) is 0 Å². The summed E-state index contributed by atoms with van der Waals surface area (Å²) in [5.74, 6) is 0.210. The molecule has 2 aromatic carbocycles. The Labute approximate surface area is 186 Å². The lowest BCUT2D eigenvalue weighted by molar-refractivity contribution is 0.504. The largest absolute Gasteiger partial charge is 0.368 e. The summed E-state index contributed by atoms with van der Waals surface area (Å²) >= 11 is 7.95. The maximum absolute atomic E-state index is 6.30. The topological polar surface area (TPSA) is 56.7 Å². The molecule has 2 N–H and O–H groups in total. The average Bonchev–Trinajstić information content (AvgIpc) is 3.16. The molecule has 0 bridgehead atoms. The first kappa shape index (κ1) is 20.8. The first-order valence-electron chi connectivity index (χ1n) is 10.3. The molecule has 2 heterocycles. The zero-order valence-corrected chi connectivity index (χ0v) is 18.4. The molecule has 0 saturated heterocycles. The highest BCUT2D eigenvalue weighted by Gasteiger charge is 2.15. The van der Waals surface area contributed by atoms with E-state index in [1.165, 1.54) is 44.7 Å². The fourth-order valence-electron chi connectivity index (χ4n) is 3.64. The lowest BCUT2D eigenvalue weighted by atomic mass is 10.0. The quantitative estimate of drug-likeness (QED) is 0.368. The van der Waals surface area contributed by atoms with Gasteiger partial charge < -0.3 is 5.73 Å². The van der Waals surface area contributed by atoms with E-state index in [0.717, 1.165) is 21.4 Å². The van der Waals surface area contributed by atoms with E-state index in [4.69, 9.17) is 17.3 Å². The van der Waals surface area contributed by atoms with Gasteiger partial charge in [0.1, 0.15) is 0 Å². The van der Waals surface area contributed by atoms with Gasteiger partial charge in [-0.25, -0.2) is 9.97 Å². The van der Waals surface area contributed by atoms with Crippen LogP contribution in [0.2, 0.25) is 5.02 Å². The maximum atomic E-state index is 6.30. The van der Waals surface area contributed by atoms with E-state index < -0.39 is 0 Å². The summed E-state index contributed by atoms with van der Waals surface area (Å²) in [7, 11) is 0. The molecule has 154 valence electrons. The standard InChI is InChI=1S/C18H13ClN4S.C6H12/c19-15-10-21-18(20)22-17(15)14-11-23(16-9-5-4-8-13(14)16)24-12-6-2-1-3-7-12;1-2-4-6-5-3-1/h1-11H,(H2,20,21,22);1-6H2. The first-order chi connectivity index (χ1) is 14.7. The molecule has 4 nitrogen and oxygen atoms in total. The monoisotopic (exact) mass is 436 g/mol. The number of benzene rings is 2. The van der Waals surface area contributed by atoms with Crippen molar-refractivity contribution < 1.29 is 0 Å². The Morgan fingerprint density at radius 2 is 1.50 bits per heavy atom. The van der Waals surface area contributed by atoms with Crippen LogP contribution in [0.1, 0.15) is 38.5 Å². The van der Waals surface area contributed by atoms with Crippen LogP contribution in [0, 0.1) is 0 Å². The van der Waals surface area contributed by atoms with Gasteiger partial charge in [-0.3, -0.25) is 3.97 Å². The number of nitrogen functional groups attached to an aromatic ring is 1. The Bertz CT molecular complexity index is 1100. The molecule has 2 aromatic heterocycles. The molecule has 1 fully saturated rings. The molecule has 0 spiro atoms. The third-order valence-electron chi connectivity index (χ3n) is 5.14. The maximum Gasteiger partial charge on any atom is 0.220 e. The fraction of sp³-hybridized carbons (Fsp3) is 0.250. The van der Waals surface area contributed by atoms with Gasteiger partial charge >= 0.3 is 0 Å². The van der Waals surface area contributed by atoms with Crippen molar-refractivity contribution in [2.24, 2.45) is 0 Å². The SMILES string of the molecule is C1CCCCC1.Nc1ncc(Cl)c(-c2cn(Sc3ccccc3)c3ccccc23)n1. The van der Waals surface area contributed by atoms with Gasteiger partial charge in [0, 0.05) is 22.0 Å². The number of aromatic nitrogens is 3. The zero-order chi connectivity index (χ0) is 20.8. The van der Waals surface area contributed by atoms with Crippen LogP contribution in [-0.2, 0) is 0 Å². The molecular weight excluding hydrogens is 412 g/mol. The van der Waals surface area contributed by atoms with Crippen molar-refractivity contribution in [2.75, 3.05) is 5.73 Å². The number of nitrogens with two attached hydrogens (primary N) is 1. The highest BCUT2D eigenvalue weighted by molar-refractivity contribution is 7.98. The van der Waals surface area contributed by atoms with Crippen LogP contribution in [0.5, 0.6) is 0 Å². The molecule has 0 radical (unpaired) electrons. The minimum Gasteiger partial charge on any atom is -0.368 e. The van der Waals surface area contributed by atoms with Crippen LogP contribution in [0.4, 0.5) is 5.95 Å². The van der Waals surface area contributed by atoms with Crippen LogP contribution in [0.15, 0.2) is 71.9 Å².